The maximum Gasteiger partial charge on any atom is 0.338 e. The minimum Gasteiger partial charge on any atom is -0.458 e. The molecule has 0 N–H and O–H groups in total. The van der Waals surface area contributed by atoms with Crippen LogP contribution in [-0.4, -0.2) is 30.4 Å². The number of carbonyl (C=O) groups is 3. The van der Waals surface area contributed by atoms with E-state index >= 15 is 0 Å². The maximum absolute atomic E-state index is 13.5. The van der Waals surface area contributed by atoms with Crippen LogP contribution in [0.15, 0.2) is 53.6 Å². The van der Waals surface area contributed by atoms with E-state index < -0.39 is 5.41 Å². The highest BCUT2D eigenvalue weighted by atomic mass is 16.5. The first-order valence-electron chi connectivity index (χ1n) is 14.3. The van der Waals surface area contributed by atoms with Gasteiger partial charge in [0.1, 0.15) is 18.5 Å². The lowest BCUT2D eigenvalue weighted by atomic mass is 9.37. The Kier molecular flexibility index (Phi) is 5.66. The lowest BCUT2D eigenvalue weighted by molar-refractivity contribution is -0.190. The Morgan fingerprint density at radius 3 is 2.42 bits per heavy atom. The number of benzene rings is 1. The van der Waals surface area contributed by atoms with Gasteiger partial charge in [-0.25, -0.2) is 9.59 Å². The molecule has 0 bridgehead atoms. The van der Waals surface area contributed by atoms with E-state index in [1.807, 2.05) is 30.3 Å². The summed E-state index contributed by atoms with van der Waals surface area (Å²) in [5, 5.41) is 0. The van der Waals surface area contributed by atoms with E-state index in [0.717, 1.165) is 31.3 Å². The fourth-order valence-corrected chi connectivity index (χ4v) is 9.84. The third kappa shape index (κ3) is 3.39. The second kappa shape index (κ2) is 8.40. The van der Waals surface area contributed by atoms with Crippen molar-refractivity contribution >= 4 is 17.7 Å². The number of allylic oxidation sites excluding steroid dienone is 1. The molecule has 202 valence electrons. The van der Waals surface area contributed by atoms with E-state index in [1.54, 1.807) is 6.08 Å². The first kappa shape index (κ1) is 25.6. The van der Waals surface area contributed by atoms with E-state index in [1.165, 1.54) is 5.57 Å². The van der Waals surface area contributed by atoms with Gasteiger partial charge < -0.3 is 9.47 Å². The number of carbonyl (C=O) groups excluding carboxylic acids is 3. The molecule has 5 aliphatic rings. The number of fused-ring (bicyclic) bond motifs is 5. The zero-order valence-corrected chi connectivity index (χ0v) is 23.3. The highest BCUT2D eigenvalue weighted by Crippen LogP contribution is 2.73. The van der Waals surface area contributed by atoms with Gasteiger partial charge in [-0.15, -0.1) is 0 Å². The summed E-state index contributed by atoms with van der Waals surface area (Å²) in [4.78, 5) is 38.7. The molecule has 0 unspecified atom stereocenters. The molecule has 0 radical (unpaired) electrons. The fraction of sp³-hybridized carbons (Fsp3) is 0.606. The van der Waals surface area contributed by atoms with Crippen LogP contribution < -0.4 is 0 Å². The van der Waals surface area contributed by atoms with Crippen LogP contribution in [0.3, 0.4) is 0 Å². The van der Waals surface area contributed by atoms with Crippen molar-refractivity contribution in [2.75, 3.05) is 6.61 Å². The number of ketones is 1. The molecule has 1 aromatic carbocycles. The van der Waals surface area contributed by atoms with Gasteiger partial charge in [0.25, 0.3) is 0 Å². The minimum atomic E-state index is -0.453. The number of esters is 2. The lowest BCUT2D eigenvalue weighted by Crippen LogP contribution is -2.65. The normalized spacial score (nSPS) is 41.3. The van der Waals surface area contributed by atoms with Gasteiger partial charge in [0.2, 0.25) is 0 Å². The molecule has 6 rings (SSSR count). The van der Waals surface area contributed by atoms with Crippen molar-refractivity contribution < 1.29 is 23.9 Å². The smallest absolute Gasteiger partial charge is 0.338 e. The molecule has 5 nitrogen and oxygen atoms in total. The molecule has 3 saturated carbocycles. The summed E-state index contributed by atoms with van der Waals surface area (Å²) in [5.41, 5.74) is 2.09. The Morgan fingerprint density at radius 2 is 1.74 bits per heavy atom. The Hall–Kier alpha value is -2.69. The second-order valence-electron chi connectivity index (χ2n) is 13.7. The van der Waals surface area contributed by atoms with Gasteiger partial charge >= 0.3 is 11.9 Å². The van der Waals surface area contributed by atoms with Gasteiger partial charge in [0, 0.05) is 23.3 Å². The van der Waals surface area contributed by atoms with Crippen LogP contribution >= 0.6 is 0 Å². The zero-order valence-electron chi connectivity index (χ0n) is 23.3. The number of cyclic esters (lactones) is 1. The van der Waals surface area contributed by atoms with Crippen molar-refractivity contribution in [1.29, 1.82) is 0 Å². The number of hydrogen-bond acceptors (Lipinski definition) is 5. The average Bonchev–Trinajstić information content (AvgIpc) is 3.46. The van der Waals surface area contributed by atoms with Crippen molar-refractivity contribution in [1.82, 2.24) is 0 Å². The molecule has 1 heterocycles. The minimum absolute atomic E-state index is 0.0201. The van der Waals surface area contributed by atoms with E-state index in [2.05, 4.69) is 40.7 Å². The van der Waals surface area contributed by atoms with Crippen LogP contribution in [0.5, 0.6) is 0 Å². The summed E-state index contributed by atoms with van der Waals surface area (Å²) in [5.74, 6) is 0.460. The quantitative estimate of drug-likeness (QED) is 0.340. The molecular weight excluding hydrogens is 476 g/mol. The van der Waals surface area contributed by atoms with Crippen molar-refractivity contribution in [3.8, 4) is 0 Å². The topological polar surface area (TPSA) is 69.7 Å². The van der Waals surface area contributed by atoms with Crippen molar-refractivity contribution in [2.24, 2.45) is 39.4 Å². The van der Waals surface area contributed by atoms with Crippen LogP contribution in [0.4, 0.5) is 0 Å². The predicted molar refractivity (Wildman–Crippen MR) is 144 cm³/mol. The third-order valence-electron chi connectivity index (χ3n) is 11.8. The van der Waals surface area contributed by atoms with Crippen LogP contribution in [0, 0.1) is 39.4 Å². The fourth-order valence-electron chi connectivity index (χ4n) is 9.84. The summed E-state index contributed by atoms with van der Waals surface area (Å²) in [6.45, 7) is 11.7. The summed E-state index contributed by atoms with van der Waals surface area (Å²) >= 11 is 0. The molecule has 38 heavy (non-hydrogen) atoms. The standard InChI is InChI=1S/C33H40O5/c1-30(2)25-18-27(38-29(36)20-9-7-6-8-10-20)33(5)23-12-11-22(21-17-28(35)37-19-21)31(23,3)15-13-24(33)32(25,4)16-14-26(30)34/h6-10,12,17,22,24-25,27H,11,13-16,18-19H2,1-5H3/t22-,24+,25-,27+,31-,32+,33-/m0/s1. The average molecular weight is 517 g/mol. The molecule has 7 atom stereocenters. The second-order valence-corrected chi connectivity index (χ2v) is 13.7. The summed E-state index contributed by atoms with van der Waals surface area (Å²) in [6, 6.07) is 9.24. The first-order valence-corrected chi connectivity index (χ1v) is 14.3. The van der Waals surface area contributed by atoms with Gasteiger partial charge in [-0.1, -0.05) is 64.5 Å². The first-order chi connectivity index (χ1) is 17.9. The van der Waals surface area contributed by atoms with E-state index in [0.29, 0.717) is 36.7 Å². The molecule has 1 aromatic rings. The molecular formula is C33H40O5. The molecule has 0 aromatic heterocycles. The number of hydrogen-bond donors (Lipinski definition) is 0. The van der Waals surface area contributed by atoms with Gasteiger partial charge in [-0.3, -0.25) is 4.79 Å². The molecule has 5 heteroatoms. The van der Waals surface area contributed by atoms with Crippen LogP contribution in [0.1, 0.15) is 83.5 Å². The SMILES string of the molecule is CC1(C)C(=O)CC[C@]2(C)[C@H]3CC[C@]4(C)C(=CC[C@H]4C4=CC(=O)OC4)[C@]3(C)[C@H](OC(=O)c3ccccc3)C[C@@H]12. The highest BCUT2D eigenvalue weighted by molar-refractivity contribution is 5.89. The third-order valence-corrected chi connectivity index (χ3v) is 11.8. The van der Waals surface area contributed by atoms with Crippen LogP contribution in [0.2, 0.25) is 0 Å². The number of ether oxygens (including phenoxy) is 2. The zero-order chi connectivity index (χ0) is 27.1. The van der Waals surface area contributed by atoms with E-state index in [-0.39, 0.29) is 46.1 Å². The largest absolute Gasteiger partial charge is 0.458 e. The van der Waals surface area contributed by atoms with E-state index in [9.17, 15) is 14.4 Å². The predicted octanol–water partition coefficient (Wildman–Crippen LogP) is 6.48. The molecule has 4 aliphatic carbocycles. The molecule has 0 spiro atoms. The maximum atomic E-state index is 13.5. The molecule has 1 aliphatic heterocycles. The molecule has 3 fully saturated rings. The van der Waals surface area contributed by atoms with Gasteiger partial charge in [-0.05, 0) is 78.4 Å². The Morgan fingerprint density at radius 1 is 1.00 bits per heavy atom. The molecule has 0 saturated heterocycles. The van der Waals surface area contributed by atoms with Gasteiger partial charge in [0.15, 0.2) is 0 Å². The van der Waals surface area contributed by atoms with Gasteiger partial charge in [-0.2, -0.15) is 0 Å². The number of Topliss-reactive ketones (excluding diaryl/α,β-unsaturated/α-hetero) is 1. The van der Waals surface area contributed by atoms with Gasteiger partial charge in [0.05, 0.1) is 5.56 Å². The Bertz CT molecular complexity index is 1260. The monoisotopic (exact) mass is 516 g/mol. The summed E-state index contributed by atoms with van der Waals surface area (Å²) in [6.07, 6.45) is 8.86. The highest BCUT2D eigenvalue weighted by Gasteiger charge is 2.69. The Balaban J connectivity index is 1.44. The van der Waals surface area contributed by atoms with Crippen LogP contribution in [-0.2, 0) is 19.1 Å². The van der Waals surface area contributed by atoms with Crippen molar-refractivity contribution in [3.63, 3.8) is 0 Å². The molecule has 0 amide bonds. The lowest BCUT2D eigenvalue weighted by Gasteiger charge is -2.67. The summed E-state index contributed by atoms with van der Waals surface area (Å²) < 4.78 is 11.8. The van der Waals surface area contributed by atoms with Crippen LogP contribution in [0.25, 0.3) is 0 Å². The van der Waals surface area contributed by atoms with E-state index in [4.69, 9.17) is 9.47 Å². The van der Waals surface area contributed by atoms with Crippen molar-refractivity contribution in [3.05, 3.63) is 59.2 Å². The number of rotatable bonds is 3. The van der Waals surface area contributed by atoms with Crippen molar-refractivity contribution in [2.45, 2.75) is 79.2 Å². The Labute approximate surface area is 226 Å². The summed E-state index contributed by atoms with van der Waals surface area (Å²) in [7, 11) is 0.